The predicted molar refractivity (Wildman–Crippen MR) is 105 cm³/mol. The number of benzene rings is 1. The summed E-state index contributed by atoms with van der Waals surface area (Å²) in [7, 11) is 0. The minimum Gasteiger partial charge on any atom is -0.377 e. The number of thiazole rings is 1. The Bertz CT molecular complexity index is 1300. The molecule has 1 atom stereocenters. The van der Waals surface area contributed by atoms with E-state index in [4.69, 9.17) is 4.98 Å². The molecule has 2 N–H and O–H groups in total. The van der Waals surface area contributed by atoms with E-state index < -0.39 is 6.23 Å². The zero-order chi connectivity index (χ0) is 18.5. The lowest BCUT2D eigenvalue weighted by molar-refractivity contribution is 0.131. The summed E-state index contributed by atoms with van der Waals surface area (Å²) in [4.78, 5) is 20.2. The van der Waals surface area contributed by atoms with Crippen molar-refractivity contribution in [1.82, 2.24) is 14.7 Å². The van der Waals surface area contributed by atoms with E-state index in [0.29, 0.717) is 41.3 Å². The third-order valence-electron chi connectivity index (χ3n) is 4.86. The number of aliphatic hydroxyl groups is 1. The summed E-state index contributed by atoms with van der Waals surface area (Å²) >= 11 is 1.42. The molecular weight excluding hydrogens is 362 g/mol. The lowest BCUT2D eigenvalue weighted by atomic mass is 10.2. The summed E-state index contributed by atoms with van der Waals surface area (Å²) in [6.45, 7) is 1.80. The maximum Gasteiger partial charge on any atom is 0.210 e. The number of pyridine rings is 2. The van der Waals surface area contributed by atoms with E-state index in [1.54, 1.807) is 12.1 Å². The molecule has 3 aromatic heterocycles. The van der Waals surface area contributed by atoms with Crippen LogP contribution in [0.25, 0.3) is 26.1 Å². The first-order valence-electron chi connectivity index (χ1n) is 8.61. The van der Waals surface area contributed by atoms with Crippen molar-refractivity contribution in [3.63, 3.8) is 0 Å². The highest BCUT2D eigenvalue weighted by molar-refractivity contribution is 7.24. The number of nitriles is 1. The predicted octanol–water partition coefficient (Wildman–Crippen LogP) is 1.66. The second kappa shape index (κ2) is 6.03. The molecule has 0 radical (unpaired) electrons. The third-order valence-corrected chi connectivity index (χ3v) is 6.01. The van der Waals surface area contributed by atoms with Crippen LogP contribution in [0.5, 0.6) is 0 Å². The van der Waals surface area contributed by atoms with Crippen LogP contribution in [0, 0.1) is 11.3 Å². The van der Waals surface area contributed by atoms with Gasteiger partial charge in [0.25, 0.3) is 0 Å². The largest absolute Gasteiger partial charge is 0.377 e. The minimum atomic E-state index is -0.609. The zero-order valence-electron chi connectivity index (χ0n) is 14.2. The highest BCUT2D eigenvalue weighted by Crippen LogP contribution is 2.31. The zero-order valence-corrected chi connectivity index (χ0v) is 15.0. The number of hydrogen-bond donors (Lipinski definition) is 2. The van der Waals surface area contributed by atoms with Gasteiger partial charge in [-0.2, -0.15) is 5.26 Å². The minimum absolute atomic E-state index is 0.149. The van der Waals surface area contributed by atoms with Crippen LogP contribution in [-0.2, 0) is 0 Å². The van der Waals surface area contributed by atoms with Crippen molar-refractivity contribution in [2.75, 3.05) is 24.5 Å². The number of para-hydroxylation sites is 1. The average molecular weight is 377 g/mol. The van der Waals surface area contributed by atoms with E-state index in [-0.39, 0.29) is 11.0 Å². The van der Waals surface area contributed by atoms with Crippen LogP contribution < -0.4 is 15.6 Å². The fourth-order valence-corrected chi connectivity index (χ4v) is 4.73. The molecule has 1 saturated heterocycles. The van der Waals surface area contributed by atoms with E-state index in [0.717, 1.165) is 10.2 Å². The molecule has 1 aliphatic rings. The molecule has 1 fully saturated rings. The van der Waals surface area contributed by atoms with Crippen LogP contribution in [-0.4, -0.2) is 40.4 Å². The fraction of sp³-hybridized carbons (Fsp3) is 0.211. The number of β-amino-alcohol motifs (C(OH)–C–C–N with tert-alkyl or cyclic N) is 1. The first-order chi connectivity index (χ1) is 13.2. The van der Waals surface area contributed by atoms with Crippen LogP contribution in [0.15, 0.2) is 41.2 Å². The Morgan fingerprint density at radius 2 is 2.15 bits per heavy atom. The number of anilines is 1. The molecule has 1 unspecified atom stereocenters. The first kappa shape index (κ1) is 16.2. The molecule has 134 valence electrons. The lowest BCUT2D eigenvalue weighted by Gasteiger charge is -2.31. The van der Waals surface area contributed by atoms with E-state index in [1.807, 2.05) is 33.6 Å². The summed E-state index contributed by atoms with van der Waals surface area (Å²) < 4.78 is 2.89. The Morgan fingerprint density at radius 3 is 2.96 bits per heavy atom. The summed E-state index contributed by atoms with van der Waals surface area (Å²) in [5.74, 6) is 0.705. The Balaban J connectivity index is 1.87. The number of piperazine rings is 1. The van der Waals surface area contributed by atoms with Crippen LogP contribution in [0.2, 0.25) is 0 Å². The smallest absolute Gasteiger partial charge is 0.210 e. The Kier molecular flexibility index (Phi) is 3.62. The molecule has 4 aromatic rings. The van der Waals surface area contributed by atoms with Gasteiger partial charge in [0.15, 0.2) is 5.65 Å². The molecule has 0 bridgehead atoms. The second-order valence-electron chi connectivity index (χ2n) is 6.48. The van der Waals surface area contributed by atoms with Gasteiger partial charge in [0.1, 0.15) is 28.5 Å². The Morgan fingerprint density at radius 1 is 1.30 bits per heavy atom. The third kappa shape index (κ3) is 2.40. The van der Waals surface area contributed by atoms with E-state index in [9.17, 15) is 15.2 Å². The van der Waals surface area contributed by atoms with Gasteiger partial charge in [0.05, 0.1) is 22.1 Å². The SMILES string of the molecule is N#Cc1c(=O)c2ccc(N3CCNC(O)C3)nc2n2c1sc1ccccc12. The number of hydrogen-bond acceptors (Lipinski definition) is 7. The van der Waals surface area contributed by atoms with Crippen LogP contribution in [0.4, 0.5) is 5.82 Å². The van der Waals surface area contributed by atoms with Gasteiger partial charge in [-0.05, 0) is 24.3 Å². The van der Waals surface area contributed by atoms with Crippen LogP contribution in [0.3, 0.4) is 0 Å². The lowest BCUT2D eigenvalue weighted by Crippen LogP contribution is -2.50. The van der Waals surface area contributed by atoms with Crippen molar-refractivity contribution >= 4 is 43.2 Å². The molecule has 0 aliphatic carbocycles. The molecule has 0 spiro atoms. The van der Waals surface area contributed by atoms with Gasteiger partial charge in [-0.15, -0.1) is 11.3 Å². The van der Waals surface area contributed by atoms with Crippen molar-refractivity contribution in [1.29, 1.82) is 5.26 Å². The summed E-state index contributed by atoms with van der Waals surface area (Å²) in [6.07, 6.45) is -0.609. The van der Waals surface area contributed by atoms with E-state index in [1.165, 1.54) is 11.3 Å². The average Bonchev–Trinajstić information content (AvgIpc) is 3.07. The van der Waals surface area contributed by atoms with E-state index >= 15 is 0 Å². The highest BCUT2D eigenvalue weighted by Gasteiger charge is 2.21. The molecule has 4 heterocycles. The van der Waals surface area contributed by atoms with Crippen LogP contribution in [0.1, 0.15) is 5.56 Å². The van der Waals surface area contributed by atoms with Crippen molar-refractivity contribution in [2.24, 2.45) is 0 Å². The van der Waals surface area contributed by atoms with Gasteiger partial charge >= 0.3 is 0 Å². The molecule has 27 heavy (non-hydrogen) atoms. The quantitative estimate of drug-likeness (QED) is 0.524. The monoisotopic (exact) mass is 377 g/mol. The van der Waals surface area contributed by atoms with E-state index in [2.05, 4.69) is 11.4 Å². The summed E-state index contributed by atoms with van der Waals surface area (Å²) in [5.41, 5.74) is 1.32. The molecule has 0 saturated carbocycles. The van der Waals surface area contributed by atoms with Gasteiger partial charge in [-0.25, -0.2) is 4.98 Å². The maximum absolute atomic E-state index is 12.9. The molecule has 5 rings (SSSR count). The number of nitrogens with zero attached hydrogens (tertiary/aromatic N) is 4. The number of aromatic nitrogens is 2. The van der Waals surface area contributed by atoms with Gasteiger partial charge in [0, 0.05) is 13.1 Å². The molecule has 0 amide bonds. The second-order valence-corrected chi connectivity index (χ2v) is 7.51. The molecule has 8 heteroatoms. The van der Waals surface area contributed by atoms with Crippen molar-refractivity contribution in [3.05, 3.63) is 52.2 Å². The Labute approximate surface area is 157 Å². The maximum atomic E-state index is 12.9. The number of aliphatic hydroxyl groups excluding tert-OH is 1. The van der Waals surface area contributed by atoms with Crippen molar-refractivity contribution in [2.45, 2.75) is 6.23 Å². The fourth-order valence-electron chi connectivity index (χ4n) is 3.59. The van der Waals surface area contributed by atoms with Crippen molar-refractivity contribution < 1.29 is 5.11 Å². The topological polar surface area (TPSA) is 93.7 Å². The summed E-state index contributed by atoms with van der Waals surface area (Å²) in [6, 6.07) is 13.4. The van der Waals surface area contributed by atoms with Crippen LogP contribution >= 0.6 is 11.3 Å². The van der Waals surface area contributed by atoms with Gasteiger partial charge in [-0.1, -0.05) is 12.1 Å². The molecule has 1 aromatic carbocycles. The first-order valence-corrected chi connectivity index (χ1v) is 9.42. The van der Waals surface area contributed by atoms with Gasteiger partial charge < -0.3 is 10.0 Å². The molecular formula is C19H15N5O2S. The normalized spacial score (nSPS) is 17.6. The van der Waals surface area contributed by atoms with Gasteiger partial charge in [0.2, 0.25) is 5.43 Å². The molecule has 1 aliphatic heterocycles. The number of rotatable bonds is 1. The molecule has 7 nitrogen and oxygen atoms in total. The summed E-state index contributed by atoms with van der Waals surface area (Å²) in [5, 5.41) is 22.9. The Hall–Kier alpha value is -2.99. The van der Waals surface area contributed by atoms with Gasteiger partial charge in [-0.3, -0.25) is 14.5 Å². The number of fused-ring (bicyclic) bond motifs is 5. The highest BCUT2D eigenvalue weighted by atomic mass is 32.1. The standard InChI is InChI=1S/C19H15N5O2S/c20-9-12-17(26)11-5-6-15(23-8-7-21-16(25)10-23)22-18(11)24-13-3-1-2-4-14(13)27-19(12)24/h1-6,16,21,25H,7-8,10H2. The van der Waals surface area contributed by atoms with Crippen molar-refractivity contribution in [3.8, 4) is 6.07 Å². The number of nitrogens with one attached hydrogen (secondary N) is 1.